The van der Waals surface area contributed by atoms with Crippen molar-refractivity contribution in [2.24, 2.45) is 0 Å². The number of thiophene rings is 1. The lowest BCUT2D eigenvalue weighted by molar-refractivity contribution is -0.121. The van der Waals surface area contributed by atoms with E-state index < -0.39 is 0 Å². The molecule has 0 saturated carbocycles. The highest BCUT2D eigenvalue weighted by atomic mass is 35.5. The van der Waals surface area contributed by atoms with Gasteiger partial charge in [-0.05, 0) is 29.5 Å². The van der Waals surface area contributed by atoms with Gasteiger partial charge in [-0.2, -0.15) is 0 Å². The van der Waals surface area contributed by atoms with E-state index in [1.54, 1.807) is 12.1 Å². The van der Waals surface area contributed by atoms with Crippen LogP contribution in [0.25, 0.3) is 10.2 Å². The van der Waals surface area contributed by atoms with Crippen LogP contribution in [0.3, 0.4) is 0 Å². The van der Waals surface area contributed by atoms with E-state index in [9.17, 15) is 9.59 Å². The summed E-state index contributed by atoms with van der Waals surface area (Å²) in [5.41, 5.74) is 0.766. The number of amides is 1. The second-order valence-electron chi connectivity index (χ2n) is 5.45. The number of aryl methyl sites for hydroxylation is 1. The Hall–Kier alpha value is -1.89. The number of carbonyl (C=O) groups is 1. The molecule has 2 heterocycles. The van der Waals surface area contributed by atoms with Crippen molar-refractivity contribution in [2.45, 2.75) is 19.4 Å². The monoisotopic (exact) mass is 395 g/mol. The Labute approximate surface area is 158 Å². The lowest BCUT2D eigenvalue weighted by atomic mass is 10.1. The van der Waals surface area contributed by atoms with E-state index in [1.165, 1.54) is 22.2 Å². The largest absolute Gasteiger partial charge is 0.356 e. The Bertz CT molecular complexity index is 968. The second kappa shape index (κ2) is 7.99. The number of nitrogens with zero attached hydrogens (tertiary/aromatic N) is 2. The van der Waals surface area contributed by atoms with E-state index in [0.717, 1.165) is 5.56 Å². The fraction of sp³-hybridized carbons (Fsp3) is 0.235. The molecule has 0 unspecified atom stereocenters. The summed E-state index contributed by atoms with van der Waals surface area (Å²) in [5.74, 6) is -0.129. The molecule has 0 aliphatic rings. The van der Waals surface area contributed by atoms with Crippen LogP contribution in [0.4, 0.5) is 0 Å². The molecule has 3 aromatic rings. The van der Waals surface area contributed by atoms with Gasteiger partial charge >= 0.3 is 0 Å². The van der Waals surface area contributed by atoms with E-state index in [0.29, 0.717) is 39.8 Å². The Morgan fingerprint density at radius 1 is 1.28 bits per heavy atom. The van der Waals surface area contributed by atoms with Gasteiger partial charge in [0.05, 0.1) is 21.8 Å². The predicted molar refractivity (Wildman–Crippen MR) is 102 cm³/mol. The minimum Gasteiger partial charge on any atom is -0.356 e. The second-order valence-corrected chi connectivity index (χ2v) is 7.13. The molecule has 0 radical (unpaired) electrons. The van der Waals surface area contributed by atoms with Gasteiger partial charge in [-0.1, -0.05) is 35.3 Å². The molecular weight excluding hydrogens is 381 g/mol. The molecule has 0 bridgehead atoms. The first-order valence-corrected chi connectivity index (χ1v) is 9.32. The molecule has 1 aromatic carbocycles. The van der Waals surface area contributed by atoms with Gasteiger partial charge < -0.3 is 5.32 Å². The topological polar surface area (TPSA) is 64.0 Å². The molecule has 0 aliphatic heterocycles. The van der Waals surface area contributed by atoms with Gasteiger partial charge in [-0.3, -0.25) is 14.2 Å². The van der Waals surface area contributed by atoms with E-state index in [-0.39, 0.29) is 17.9 Å². The Kier molecular flexibility index (Phi) is 5.73. The zero-order chi connectivity index (χ0) is 17.8. The first-order valence-electron chi connectivity index (χ1n) is 7.68. The van der Waals surface area contributed by atoms with Gasteiger partial charge in [0.25, 0.3) is 5.56 Å². The molecule has 1 N–H and O–H groups in total. The zero-order valence-electron chi connectivity index (χ0n) is 13.2. The van der Waals surface area contributed by atoms with E-state index in [4.69, 9.17) is 23.2 Å². The highest BCUT2D eigenvalue weighted by Gasteiger charge is 2.08. The normalized spacial score (nSPS) is 11.0. The van der Waals surface area contributed by atoms with Gasteiger partial charge in [0.2, 0.25) is 5.91 Å². The number of halogens is 2. The molecule has 0 spiro atoms. The van der Waals surface area contributed by atoms with Crippen molar-refractivity contribution in [3.8, 4) is 0 Å². The quantitative estimate of drug-likeness (QED) is 0.694. The number of aromatic nitrogens is 2. The summed E-state index contributed by atoms with van der Waals surface area (Å²) in [7, 11) is 0. The maximum absolute atomic E-state index is 12.2. The van der Waals surface area contributed by atoms with E-state index in [1.807, 2.05) is 17.5 Å². The SMILES string of the molecule is O=C(CCn1cnc2sccc2c1=O)NCCc1cccc(Cl)c1Cl. The third-order valence-electron chi connectivity index (χ3n) is 3.78. The summed E-state index contributed by atoms with van der Waals surface area (Å²) in [6, 6.07) is 7.18. The van der Waals surface area contributed by atoms with Crippen molar-refractivity contribution in [3.05, 3.63) is 61.9 Å². The molecular formula is C17H15Cl2N3O2S. The standard InChI is InChI=1S/C17H15Cl2N3O2S/c18-13-3-1-2-11(15(13)19)4-7-20-14(23)5-8-22-10-21-16-12(17(22)24)6-9-25-16/h1-3,6,9-10H,4-5,7-8H2,(H,20,23). The maximum Gasteiger partial charge on any atom is 0.262 e. The summed E-state index contributed by atoms with van der Waals surface area (Å²) < 4.78 is 1.46. The van der Waals surface area contributed by atoms with Crippen LogP contribution in [-0.2, 0) is 17.8 Å². The van der Waals surface area contributed by atoms with Crippen LogP contribution in [0.2, 0.25) is 10.0 Å². The van der Waals surface area contributed by atoms with Gasteiger partial charge in [-0.25, -0.2) is 4.98 Å². The average Bonchev–Trinajstić information content (AvgIpc) is 3.08. The highest BCUT2D eigenvalue weighted by molar-refractivity contribution is 7.16. The number of hydrogen-bond acceptors (Lipinski definition) is 4. The molecule has 0 atom stereocenters. The third-order valence-corrected chi connectivity index (χ3v) is 5.46. The molecule has 5 nitrogen and oxygen atoms in total. The van der Waals surface area contributed by atoms with Gasteiger partial charge in [0.1, 0.15) is 4.83 Å². The maximum atomic E-state index is 12.2. The van der Waals surface area contributed by atoms with Crippen LogP contribution < -0.4 is 10.9 Å². The first kappa shape index (κ1) is 17.9. The lowest BCUT2D eigenvalue weighted by Gasteiger charge is -2.08. The van der Waals surface area contributed by atoms with Crippen molar-refractivity contribution >= 4 is 50.7 Å². The molecule has 25 heavy (non-hydrogen) atoms. The van der Waals surface area contributed by atoms with Crippen molar-refractivity contribution in [3.63, 3.8) is 0 Å². The van der Waals surface area contributed by atoms with Crippen LogP contribution in [0.15, 0.2) is 40.8 Å². The molecule has 8 heteroatoms. The summed E-state index contributed by atoms with van der Waals surface area (Å²) >= 11 is 13.5. The number of nitrogens with one attached hydrogen (secondary N) is 1. The minimum atomic E-state index is -0.129. The zero-order valence-corrected chi connectivity index (χ0v) is 15.5. The smallest absolute Gasteiger partial charge is 0.262 e. The molecule has 0 aliphatic carbocycles. The number of hydrogen-bond donors (Lipinski definition) is 1. The number of fused-ring (bicyclic) bond motifs is 1. The van der Waals surface area contributed by atoms with Gasteiger partial charge in [-0.15, -0.1) is 11.3 Å². The van der Waals surface area contributed by atoms with E-state index >= 15 is 0 Å². The van der Waals surface area contributed by atoms with Crippen LogP contribution in [0, 0.1) is 0 Å². The first-order chi connectivity index (χ1) is 12.1. The average molecular weight is 396 g/mol. The van der Waals surface area contributed by atoms with Crippen molar-refractivity contribution in [2.75, 3.05) is 6.54 Å². The summed E-state index contributed by atoms with van der Waals surface area (Å²) in [4.78, 5) is 29.2. The Morgan fingerprint density at radius 2 is 2.12 bits per heavy atom. The van der Waals surface area contributed by atoms with Crippen LogP contribution in [-0.4, -0.2) is 22.0 Å². The molecule has 1 amide bonds. The predicted octanol–water partition coefficient (Wildman–Crippen LogP) is 3.51. The van der Waals surface area contributed by atoms with Crippen LogP contribution >= 0.6 is 34.5 Å². The fourth-order valence-electron chi connectivity index (χ4n) is 2.44. The summed E-state index contributed by atoms with van der Waals surface area (Å²) in [6.07, 6.45) is 2.29. The fourth-order valence-corrected chi connectivity index (χ4v) is 3.58. The highest BCUT2D eigenvalue weighted by Crippen LogP contribution is 2.25. The molecule has 2 aromatic heterocycles. The third kappa shape index (κ3) is 4.21. The van der Waals surface area contributed by atoms with Gasteiger partial charge in [0.15, 0.2) is 0 Å². The summed E-state index contributed by atoms with van der Waals surface area (Å²) in [5, 5.41) is 6.26. The minimum absolute atomic E-state index is 0.121. The molecule has 0 fully saturated rings. The molecule has 130 valence electrons. The lowest BCUT2D eigenvalue weighted by Crippen LogP contribution is -2.28. The van der Waals surface area contributed by atoms with E-state index in [2.05, 4.69) is 10.3 Å². The van der Waals surface area contributed by atoms with Crippen LogP contribution in [0.1, 0.15) is 12.0 Å². The molecule has 0 saturated heterocycles. The number of benzene rings is 1. The van der Waals surface area contributed by atoms with Gasteiger partial charge in [0, 0.05) is 19.5 Å². The molecule has 3 rings (SSSR count). The number of carbonyl (C=O) groups excluding carboxylic acids is 1. The van der Waals surface area contributed by atoms with Crippen molar-refractivity contribution in [1.82, 2.24) is 14.9 Å². The van der Waals surface area contributed by atoms with Crippen molar-refractivity contribution < 1.29 is 4.79 Å². The van der Waals surface area contributed by atoms with Crippen LogP contribution in [0.5, 0.6) is 0 Å². The van der Waals surface area contributed by atoms with Crippen molar-refractivity contribution in [1.29, 1.82) is 0 Å². The Balaban J connectivity index is 1.51. The summed E-state index contributed by atoms with van der Waals surface area (Å²) in [6.45, 7) is 0.747. The Morgan fingerprint density at radius 3 is 2.96 bits per heavy atom. The number of rotatable bonds is 6.